The van der Waals surface area contributed by atoms with E-state index < -0.39 is 27.5 Å². The van der Waals surface area contributed by atoms with Gasteiger partial charge in [0, 0.05) is 6.04 Å². The lowest BCUT2D eigenvalue weighted by Gasteiger charge is -2.18. The van der Waals surface area contributed by atoms with Crippen LogP contribution in [0.5, 0.6) is 0 Å². The molecule has 0 aliphatic rings. The summed E-state index contributed by atoms with van der Waals surface area (Å²) in [6.45, 7) is 3.53. The third kappa shape index (κ3) is 3.95. The predicted octanol–water partition coefficient (Wildman–Crippen LogP) is 1.27. The third-order valence-electron chi connectivity index (χ3n) is 1.33. The maximum absolute atomic E-state index is 12.0. The van der Waals surface area contributed by atoms with Gasteiger partial charge in [-0.2, -0.15) is 13.2 Å². The molecule has 0 spiro atoms. The molecule has 0 aliphatic carbocycles. The summed E-state index contributed by atoms with van der Waals surface area (Å²) in [5.74, 6) is 0. The van der Waals surface area contributed by atoms with E-state index in [-0.39, 0.29) is 0 Å². The molecule has 0 unspecified atom stereocenters. The molecule has 7 heteroatoms. The van der Waals surface area contributed by atoms with Crippen LogP contribution < -0.4 is 4.72 Å². The molecule has 0 aromatic rings. The summed E-state index contributed by atoms with van der Waals surface area (Å²) in [5, 5.41) is -2.37. The summed E-state index contributed by atoms with van der Waals surface area (Å²) in [7, 11) is -4.29. The lowest BCUT2D eigenvalue weighted by atomic mass is 10.4. The maximum atomic E-state index is 12.0. The number of halogens is 3. The highest BCUT2D eigenvalue weighted by atomic mass is 32.2. The highest BCUT2D eigenvalue weighted by Crippen LogP contribution is 2.24. The van der Waals surface area contributed by atoms with E-state index in [1.54, 1.807) is 0 Å². The molecule has 1 atom stereocenters. The number of sulfonamides is 1. The molecule has 0 amide bonds. The zero-order valence-corrected chi connectivity index (χ0v) is 8.33. The first kappa shape index (κ1) is 12.7. The Hall–Kier alpha value is -0.300. The van der Waals surface area contributed by atoms with E-state index in [1.807, 2.05) is 4.72 Å². The van der Waals surface area contributed by atoms with Crippen LogP contribution in [0.25, 0.3) is 0 Å². The molecule has 1 N–H and O–H groups in total. The average molecular weight is 219 g/mol. The number of alkyl halides is 3. The normalized spacial score (nSPS) is 16.2. The molecular formula is C6H12F3NO2S. The van der Waals surface area contributed by atoms with Crippen LogP contribution in [0.1, 0.15) is 20.8 Å². The van der Waals surface area contributed by atoms with Crippen LogP contribution in [0.3, 0.4) is 0 Å². The van der Waals surface area contributed by atoms with Gasteiger partial charge in [-0.3, -0.25) is 0 Å². The first-order valence-electron chi connectivity index (χ1n) is 3.65. The van der Waals surface area contributed by atoms with E-state index in [0.717, 1.165) is 0 Å². The molecular weight excluding hydrogens is 207 g/mol. The third-order valence-corrected chi connectivity index (χ3v) is 3.32. The van der Waals surface area contributed by atoms with Crippen LogP contribution in [0.4, 0.5) is 13.2 Å². The number of hydrogen-bond acceptors (Lipinski definition) is 2. The SMILES string of the molecule is CC(C)NS(=O)(=O)[C@@H](C)C(F)(F)F. The molecule has 80 valence electrons. The smallest absolute Gasteiger partial charge is 0.212 e. The second kappa shape index (κ2) is 3.83. The number of rotatable bonds is 3. The Morgan fingerprint density at radius 1 is 1.15 bits per heavy atom. The van der Waals surface area contributed by atoms with Gasteiger partial charge in [-0.1, -0.05) is 0 Å². The van der Waals surface area contributed by atoms with Crippen molar-refractivity contribution in [3.63, 3.8) is 0 Å². The molecule has 13 heavy (non-hydrogen) atoms. The fourth-order valence-corrected chi connectivity index (χ4v) is 1.82. The van der Waals surface area contributed by atoms with Crippen molar-refractivity contribution < 1.29 is 21.6 Å². The van der Waals surface area contributed by atoms with Gasteiger partial charge in [0.1, 0.15) is 0 Å². The quantitative estimate of drug-likeness (QED) is 0.776. The second-order valence-electron chi connectivity index (χ2n) is 3.00. The van der Waals surface area contributed by atoms with E-state index in [2.05, 4.69) is 0 Å². The zero-order valence-electron chi connectivity index (χ0n) is 7.51. The van der Waals surface area contributed by atoms with Gasteiger partial charge in [-0.15, -0.1) is 0 Å². The van der Waals surface area contributed by atoms with Crippen LogP contribution in [0, 0.1) is 0 Å². The molecule has 0 fully saturated rings. The topological polar surface area (TPSA) is 46.2 Å². The van der Waals surface area contributed by atoms with Gasteiger partial charge < -0.3 is 0 Å². The molecule has 0 bridgehead atoms. The summed E-state index contributed by atoms with van der Waals surface area (Å²) in [5.41, 5.74) is 0. The van der Waals surface area contributed by atoms with E-state index in [9.17, 15) is 21.6 Å². The summed E-state index contributed by atoms with van der Waals surface area (Å²) in [6, 6.07) is -0.533. The van der Waals surface area contributed by atoms with Crippen molar-refractivity contribution in [2.75, 3.05) is 0 Å². The van der Waals surface area contributed by atoms with E-state index >= 15 is 0 Å². The average Bonchev–Trinajstić information content (AvgIpc) is 1.80. The Balaban J connectivity index is 4.67. The van der Waals surface area contributed by atoms with Gasteiger partial charge in [-0.25, -0.2) is 13.1 Å². The summed E-state index contributed by atoms with van der Waals surface area (Å²) in [4.78, 5) is 0. The Kier molecular flexibility index (Phi) is 3.74. The van der Waals surface area contributed by atoms with Gasteiger partial charge >= 0.3 is 6.18 Å². The maximum Gasteiger partial charge on any atom is 0.406 e. The van der Waals surface area contributed by atoms with Crippen molar-refractivity contribution in [3.05, 3.63) is 0 Å². The van der Waals surface area contributed by atoms with Crippen LogP contribution in [0.2, 0.25) is 0 Å². The molecule has 0 heterocycles. The standard InChI is InChI=1S/C6H12F3NO2S/c1-4(2)10-13(11,12)5(3)6(7,8)9/h4-5,10H,1-3H3/t5-/m0/s1. The summed E-state index contributed by atoms with van der Waals surface area (Å²) >= 11 is 0. The fourth-order valence-electron chi connectivity index (χ4n) is 0.607. The van der Waals surface area contributed by atoms with Crippen LogP contribution in [0.15, 0.2) is 0 Å². The fraction of sp³-hybridized carbons (Fsp3) is 1.00. The Bertz CT molecular complexity index is 258. The lowest BCUT2D eigenvalue weighted by Crippen LogP contribution is -2.44. The first-order valence-corrected chi connectivity index (χ1v) is 5.20. The van der Waals surface area contributed by atoms with E-state index in [1.165, 1.54) is 13.8 Å². The minimum atomic E-state index is -4.72. The minimum Gasteiger partial charge on any atom is -0.212 e. The molecule has 0 saturated carbocycles. The first-order chi connectivity index (χ1) is 5.57. The summed E-state index contributed by atoms with van der Waals surface area (Å²) < 4.78 is 59.7. The minimum absolute atomic E-state index is 0.533. The van der Waals surface area contributed by atoms with Crippen molar-refractivity contribution in [2.24, 2.45) is 0 Å². The molecule has 3 nitrogen and oxygen atoms in total. The largest absolute Gasteiger partial charge is 0.406 e. The van der Waals surface area contributed by atoms with Crippen LogP contribution >= 0.6 is 0 Å². The monoisotopic (exact) mass is 219 g/mol. The Morgan fingerprint density at radius 2 is 1.54 bits per heavy atom. The molecule has 0 radical (unpaired) electrons. The van der Waals surface area contributed by atoms with Crippen molar-refractivity contribution >= 4 is 10.0 Å². The number of nitrogens with one attached hydrogen (secondary N) is 1. The van der Waals surface area contributed by atoms with E-state index in [0.29, 0.717) is 6.92 Å². The van der Waals surface area contributed by atoms with Crippen LogP contribution in [-0.4, -0.2) is 25.9 Å². The highest BCUT2D eigenvalue weighted by Gasteiger charge is 2.45. The number of hydrogen-bond donors (Lipinski definition) is 1. The second-order valence-corrected chi connectivity index (χ2v) is 5.03. The molecule has 0 aromatic carbocycles. The molecule has 0 aliphatic heterocycles. The van der Waals surface area contributed by atoms with Gasteiger partial charge in [0.2, 0.25) is 10.0 Å². The van der Waals surface area contributed by atoms with Gasteiger partial charge in [-0.05, 0) is 20.8 Å². The van der Waals surface area contributed by atoms with E-state index in [4.69, 9.17) is 0 Å². The van der Waals surface area contributed by atoms with Gasteiger partial charge in [0.15, 0.2) is 5.25 Å². The zero-order chi connectivity index (χ0) is 10.9. The molecule has 0 aromatic heterocycles. The van der Waals surface area contributed by atoms with Crippen LogP contribution in [-0.2, 0) is 10.0 Å². The van der Waals surface area contributed by atoms with Crippen molar-refractivity contribution in [1.82, 2.24) is 4.72 Å². The highest BCUT2D eigenvalue weighted by molar-refractivity contribution is 7.90. The van der Waals surface area contributed by atoms with Crippen molar-refractivity contribution in [3.8, 4) is 0 Å². The Morgan fingerprint density at radius 3 is 1.77 bits per heavy atom. The predicted molar refractivity (Wildman–Crippen MR) is 42.7 cm³/mol. The lowest BCUT2D eigenvalue weighted by molar-refractivity contribution is -0.127. The van der Waals surface area contributed by atoms with Gasteiger partial charge in [0.05, 0.1) is 0 Å². The molecule has 0 rings (SSSR count). The summed E-state index contributed by atoms with van der Waals surface area (Å²) in [6.07, 6.45) is -4.72. The van der Waals surface area contributed by atoms with Gasteiger partial charge in [0.25, 0.3) is 0 Å². The molecule has 0 saturated heterocycles. The Labute approximate surface area is 75.4 Å². The van der Waals surface area contributed by atoms with Crippen molar-refractivity contribution in [2.45, 2.75) is 38.2 Å². The van der Waals surface area contributed by atoms with Crippen molar-refractivity contribution in [1.29, 1.82) is 0 Å².